The van der Waals surface area contributed by atoms with Crippen LogP contribution in [0.15, 0.2) is 48.5 Å². The maximum atomic E-state index is 13.0. The molecule has 0 unspecified atom stereocenters. The first-order valence-electron chi connectivity index (χ1n) is 10.0. The summed E-state index contributed by atoms with van der Waals surface area (Å²) in [6.07, 6.45) is -3.02. The monoisotopic (exact) mass is 434 g/mol. The topological polar surface area (TPSA) is 58.6 Å². The van der Waals surface area contributed by atoms with Crippen LogP contribution in [0.1, 0.15) is 37.8 Å². The molecule has 3 rings (SSSR count). The number of hydrogen-bond donors (Lipinski definition) is 1. The molecule has 0 aromatic heterocycles. The molecule has 0 atom stereocenters. The Labute approximate surface area is 179 Å². The van der Waals surface area contributed by atoms with Gasteiger partial charge >= 0.3 is 6.18 Å². The van der Waals surface area contributed by atoms with E-state index >= 15 is 0 Å². The second kappa shape index (κ2) is 8.99. The van der Waals surface area contributed by atoms with Crippen molar-refractivity contribution in [3.05, 3.63) is 59.7 Å². The summed E-state index contributed by atoms with van der Waals surface area (Å²) in [6.45, 7) is 4.17. The molecule has 0 aliphatic carbocycles. The molecule has 1 saturated heterocycles. The molecule has 0 spiro atoms. The molecule has 1 aliphatic rings. The Balaban J connectivity index is 1.51. The largest absolute Gasteiger partial charge is 0.484 e. The van der Waals surface area contributed by atoms with Gasteiger partial charge < -0.3 is 15.0 Å². The number of anilines is 1. The number of benzene rings is 2. The lowest BCUT2D eigenvalue weighted by atomic mass is 9.83. The Morgan fingerprint density at radius 3 is 2.39 bits per heavy atom. The number of hydrogen-bond acceptors (Lipinski definition) is 3. The zero-order valence-corrected chi connectivity index (χ0v) is 17.5. The highest BCUT2D eigenvalue weighted by Gasteiger charge is 2.32. The first kappa shape index (κ1) is 22.7. The van der Waals surface area contributed by atoms with Crippen LogP contribution in [0.5, 0.6) is 5.75 Å². The minimum Gasteiger partial charge on any atom is -0.484 e. The van der Waals surface area contributed by atoms with Gasteiger partial charge in [0.2, 0.25) is 5.91 Å². The lowest BCUT2D eigenvalue weighted by molar-refractivity contribution is -0.137. The van der Waals surface area contributed by atoms with Crippen molar-refractivity contribution in [3.8, 4) is 5.75 Å². The van der Waals surface area contributed by atoms with Gasteiger partial charge in [-0.3, -0.25) is 9.59 Å². The second-order valence-electron chi connectivity index (χ2n) is 8.17. The molecule has 2 aromatic rings. The van der Waals surface area contributed by atoms with Gasteiger partial charge in [0.25, 0.3) is 5.91 Å². The number of halogens is 3. The third kappa shape index (κ3) is 5.77. The van der Waals surface area contributed by atoms with E-state index in [0.717, 1.165) is 24.2 Å². The maximum Gasteiger partial charge on any atom is 0.416 e. The van der Waals surface area contributed by atoms with Gasteiger partial charge in [0.05, 0.1) is 5.56 Å². The molecule has 1 aliphatic heterocycles. The van der Waals surface area contributed by atoms with Gasteiger partial charge in [-0.05, 0) is 42.3 Å². The van der Waals surface area contributed by atoms with E-state index in [0.29, 0.717) is 24.3 Å². The average molecular weight is 434 g/mol. The van der Waals surface area contributed by atoms with Gasteiger partial charge in [0, 0.05) is 30.6 Å². The predicted octanol–water partition coefficient (Wildman–Crippen LogP) is 4.31. The average Bonchev–Trinajstić information content (AvgIpc) is 3.16. The molecule has 0 saturated carbocycles. The summed E-state index contributed by atoms with van der Waals surface area (Å²) in [6, 6.07) is 12.0. The summed E-state index contributed by atoms with van der Waals surface area (Å²) in [5.74, 6) is 0.206. The fourth-order valence-electron chi connectivity index (χ4n) is 3.38. The highest BCUT2D eigenvalue weighted by Crippen LogP contribution is 2.32. The normalized spacial score (nSPS) is 14.6. The lowest BCUT2D eigenvalue weighted by Gasteiger charge is -2.26. The SMILES string of the molecule is CC(C)(CNC(=O)COc1ccc(N2CCCC2=O)cc1)c1cccc(C(F)(F)F)c1. The minimum atomic E-state index is -4.42. The number of amides is 2. The van der Waals surface area contributed by atoms with Crippen LogP contribution in [-0.4, -0.2) is 31.5 Å². The van der Waals surface area contributed by atoms with E-state index in [1.807, 2.05) is 0 Å². The molecule has 1 fully saturated rings. The van der Waals surface area contributed by atoms with E-state index in [4.69, 9.17) is 4.74 Å². The van der Waals surface area contributed by atoms with E-state index in [2.05, 4.69) is 5.32 Å². The highest BCUT2D eigenvalue weighted by atomic mass is 19.4. The molecular weight excluding hydrogens is 409 g/mol. The standard InChI is InChI=1S/C23H25F3N2O3/c1-22(2,16-5-3-6-17(13-16)23(24,25)26)15-27-20(29)14-31-19-10-8-18(9-11-19)28-12-4-7-21(28)30/h3,5-6,8-11,13H,4,7,12,14-15H2,1-2H3,(H,27,29). The molecule has 5 nitrogen and oxygen atoms in total. The van der Waals surface area contributed by atoms with E-state index in [1.54, 1.807) is 49.1 Å². The minimum absolute atomic E-state index is 0.0939. The van der Waals surface area contributed by atoms with Gasteiger partial charge in [0.1, 0.15) is 5.75 Å². The number of ether oxygens (including phenoxy) is 1. The molecule has 2 amide bonds. The molecular formula is C23H25F3N2O3. The highest BCUT2D eigenvalue weighted by molar-refractivity contribution is 5.95. The third-order valence-corrected chi connectivity index (χ3v) is 5.29. The Kier molecular flexibility index (Phi) is 6.57. The molecule has 1 heterocycles. The molecule has 8 heteroatoms. The third-order valence-electron chi connectivity index (χ3n) is 5.29. The van der Waals surface area contributed by atoms with Crippen LogP contribution in [0.25, 0.3) is 0 Å². The van der Waals surface area contributed by atoms with Crippen molar-refractivity contribution in [2.45, 2.75) is 38.3 Å². The fraction of sp³-hybridized carbons (Fsp3) is 0.391. The van der Waals surface area contributed by atoms with Crippen molar-refractivity contribution in [3.63, 3.8) is 0 Å². The Bertz CT molecular complexity index is 940. The van der Waals surface area contributed by atoms with Crippen molar-refractivity contribution in [2.24, 2.45) is 0 Å². The van der Waals surface area contributed by atoms with Crippen molar-refractivity contribution >= 4 is 17.5 Å². The molecule has 0 bridgehead atoms. The van der Waals surface area contributed by atoms with Crippen molar-refractivity contribution < 1.29 is 27.5 Å². The summed E-state index contributed by atoms with van der Waals surface area (Å²) >= 11 is 0. The zero-order chi connectivity index (χ0) is 22.6. The Morgan fingerprint density at radius 2 is 1.77 bits per heavy atom. The van der Waals surface area contributed by atoms with Gasteiger partial charge in [-0.1, -0.05) is 32.0 Å². The number of carbonyl (C=O) groups is 2. The quantitative estimate of drug-likeness (QED) is 0.707. The predicted molar refractivity (Wildman–Crippen MR) is 111 cm³/mol. The van der Waals surface area contributed by atoms with Gasteiger partial charge in [0.15, 0.2) is 6.61 Å². The number of alkyl halides is 3. The van der Waals surface area contributed by atoms with Crippen LogP contribution >= 0.6 is 0 Å². The van der Waals surface area contributed by atoms with E-state index in [-0.39, 0.29) is 25.0 Å². The smallest absolute Gasteiger partial charge is 0.416 e. The molecule has 31 heavy (non-hydrogen) atoms. The van der Waals surface area contributed by atoms with Crippen molar-refractivity contribution in [2.75, 3.05) is 24.6 Å². The first-order valence-corrected chi connectivity index (χ1v) is 10.0. The second-order valence-corrected chi connectivity index (χ2v) is 8.17. The summed E-state index contributed by atoms with van der Waals surface area (Å²) in [5.41, 5.74) is -0.134. The van der Waals surface area contributed by atoms with Gasteiger partial charge in [-0.15, -0.1) is 0 Å². The lowest BCUT2D eigenvalue weighted by Crippen LogP contribution is -2.39. The van der Waals surface area contributed by atoms with Crippen LogP contribution in [0.3, 0.4) is 0 Å². The van der Waals surface area contributed by atoms with E-state index < -0.39 is 17.2 Å². The first-order chi connectivity index (χ1) is 14.6. The number of nitrogens with zero attached hydrogens (tertiary/aromatic N) is 1. The van der Waals surface area contributed by atoms with Gasteiger partial charge in [-0.2, -0.15) is 13.2 Å². The number of rotatable bonds is 7. The van der Waals surface area contributed by atoms with Crippen LogP contribution in [0.4, 0.5) is 18.9 Å². The van der Waals surface area contributed by atoms with Crippen LogP contribution in [0.2, 0.25) is 0 Å². The summed E-state index contributed by atoms with van der Waals surface area (Å²) in [7, 11) is 0. The number of nitrogens with one attached hydrogen (secondary N) is 1. The van der Waals surface area contributed by atoms with Crippen LogP contribution in [0, 0.1) is 0 Å². The Morgan fingerprint density at radius 1 is 1.10 bits per heavy atom. The molecule has 166 valence electrons. The molecule has 1 N–H and O–H groups in total. The van der Waals surface area contributed by atoms with E-state index in [1.165, 1.54) is 6.07 Å². The molecule has 2 aromatic carbocycles. The molecule has 0 radical (unpaired) electrons. The van der Waals surface area contributed by atoms with Gasteiger partial charge in [-0.25, -0.2) is 0 Å². The van der Waals surface area contributed by atoms with Crippen LogP contribution in [-0.2, 0) is 21.2 Å². The van der Waals surface area contributed by atoms with E-state index in [9.17, 15) is 22.8 Å². The summed E-state index contributed by atoms with van der Waals surface area (Å²) in [4.78, 5) is 25.7. The Hall–Kier alpha value is -3.03. The van der Waals surface area contributed by atoms with Crippen molar-refractivity contribution in [1.29, 1.82) is 0 Å². The fourth-order valence-corrected chi connectivity index (χ4v) is 3.38. The van der Waals surface area contributed by atoms with Crippen molar-refractivity contribution in [1.82, 2.24) is 5.32 Å². The summed E-state index contributed by atoms with van der Waals surface area (Å²) in [5, 5.41) is 2.71. The summed E-state index contributed by atoms with van der Waals surface area (Å²) < 4.78 is 44.4. The van der Waals surface area contributed by atoms with Crippen LogP contribution < -0.4 is 15.0 Å². The maximum absolute atomic E-state index is 13.0. The zero-order valence-electron chi connectivity index (χ0n) is 17.5. The number of carbonyl (C=O) groups excluding carboxylic acids is 2.